The van der Waals surface area contributed by atoms with Crippen molar-refractivity contribution in [3.05, 3.63) is 0 Å². The minimum Gasteiger partial charge on any atom is -0.330 e. The third kappa shape index (κ3) is 3.89. The Bertz CT molecular complexity index is 231. The molecule has 0 aromatic rings. The third-order valence-corrected chi connectivity index (χ3v) is 6.49. The van der Waals surface area contributed by atoms with Gasteiger partial charge < -0.3 is 5.73 Å². The molecule has 0 heterocycles. The Labute approximate surface area is 111 Å². The molecule has 0 amide bonds. The summed E-state index contributed by atoms with van der Waals surface area (Å²) in [5.41, 5.74) is 5.96. The van der Waals surface area contributed by atoms with Gasteiger partial charge in [0.2, 0.25) is 0 Å². The largest absolute Gasteiger partial charge is 0.330 e. The Morgan fingerprint density at radius 3 is 2.47 bits per heavy atom. The Morgan fingerprint density at radius 2 is 1.76 bits per heavy atom. The number of thioether (sulfide) groups is 1. The first-order valence-electron chi connectivity index (χ1n) is 7.54. The van der Waals surface area contributed by atoms with E-state index in [0.29, 0.717) is 0 Å². The van der Waals surface area contributed by atoms with Gasteiger partial charge in [-0.2, -0.15) is 11.8 Å². The summed E-state index contributed by atoms with van der Waals surface area (Å²) in [5, 5.41) is 1.79. The molecule has 2 heteroatoms. The first-order valence-corrected chi connectivity index (χ1v) is 8.48. The van der Waals surface area contributed by atoms with Gasteiger partial charge in [0.15, 0.2) is 0 Å². The summed E-state index contributed by atoms with van der Waals surface area (Å²) < 4.78 is 0. The highest BCUT2D eigenvalue weighted by Crippen LogP contribution is 2.42. The zero-order chi connectivity index (χ0) is 12.3. The van der Waals surface area contributed by atoms with Gasteiger partial charge in [0.1, 0.15) is 0 Å². The van der Waals surface area contributed by atoms with Gasteiger partial charge in [-0.15, -0.1) is 0 Å². The monoisotopic (exact) mass is 255 g/mol. The summed E-state index contributed by atoms with van der Waals surface area (Å²) in [6, 6.07) is 0. The number of hydrogen-bond donors (Lipinski definition) is 1. The molecule has 1 nitrogen and oxygen atoms in total. The highest BCUT2D eigenvalue weighted by Gasteiger charge is 2.31. The van der Waals surface area contributed by atoms with Crippen molar-refractivity contribution >= 4 is 11.8 Å². The lowest BCUT2D eigenvalue weighted by Gasteiger charge is -2.37. The first kappa shape index (κ1) is 13.7. The molecule has 0 aromatic heterocycles. The molecule has 2 saturated carbocycles. The van der Waals surface area contributed by atoms with Crippen molar-refractivity contribution in [2.45, 2.75) is 69.3 Å². The second-order valence-electron chi connectivity index (χ2n) is 6.48. The molecule has 17 heavy (non-hydrogen) atoms. The normalized spacial score (nSPS) is 43.6. The summed E-state index contributed by atoms with van der Waals surface area (Å²) >= 11 is 2.30. The topological polar surface area (TPSA) is 26.0 Å². The van der Waals surface area contributed by atoms with Crippen molar-refractivity contribution in [1.82, 2.24) is 0 Å². The smallest absolute Gasteiger partial charge is 0.00926 e. The molecule has 2 aliphatic carbocycles. The zero-order valence-corrected chi connectivity index (χ0v) is 12.3. The lowest BCUT2D eigenvalue weighted by molar-refractivity contribution is 0.303. The van der Waals surface area contributed by atoms with E-state index in [9.17, 15) is 0 Å². The van der Waals surface area contributed by atoms with Crippen LogP contribution in [-0.2, 0) is 0 Å². The predicted molar refractivity (Wildman–Crippen MR) is 78.4 cm³/mol. The average molecular weight is 255 g/mol. The summed E-state index contributed by atoms with van der Waals surface area (Å²) in [6.45, 7) is 5.76. The Balaban J connectivity index is 1.86. The van der Waals surface area contributed by atoms with Crippen molar-refractivity contribution < 1.29 is 0 Å². The average Bonchev–Trinajstić information content (AvgIpc) is 2.29. The van der Waals surface area contributed by atoms with Gasteiger partial charge in [-0.1, -0.05) is 33.1 Å². The molecule has 2 rings (SSSR count). The summed E-state index contributed by atoms with van der Waals surface area (Å²) in [7, 11) is 0. The van der Waals surface area contributed by atoms with Crippen LogP contribution in [0, 0.1) is 17.8 Å². The first-order chi connectivity index (χ1) is 8.19. The molecule has 100 valence electrons. The summed E-state index contributed by atoms with van der Waals surface area (Å²) in [5.74, 6) is 2.68. The van der Waals surface area contributed by atoms with Crippen molar-refractivity contribution in [3.8, 4) is 0 Å². The van der Waals surface area contributed by atoms with Gasteiger partial charge in [-0.25, -0.2) is 0 Å². The van der Waals surface area contributed by atoms with E-state index in [1.54, 1.807) is 0 Å². The van der Waals surface area contributed by atoms with Gasteiger partial charge in [-0.3, -0.25) is 0 Å². The van der Waals surface area contributed by atoms with E-state index in [1.165, 1.54) is 44.9 Å². The van der Waals surface area contributed by atoms with E-state index in [2.05, 4.69) is 25.6 Å². The minimum absolute atomic E-state index is 0.799. The molecule has 2 N–H and O–H groups in total. The predicted octanol–water partition coefficient (Wildman–Crippen LogP) is 4.06. The van der Waals surface area contributed by atoms with Gasteiger partial charge in [-0.05, 0) is 50.0 Å². The summed E-state index contributed by atoms with van der Waals surface area (Å²) in [6.07, 6.45) is 10.0. The zero-order valence-electron chi connectivity index (χ0n) is 11.5. The van der Waals surface area contributed by atoms with Crippen LogP contribution in [0.3, 0.4) is 0 Å². The van der Waals surface area contributed by atoms with Gasteiger partial charge in [0.25, 0.3) is 0 Å². The van der Waals surface area contributed by atoms with E-state index in [0.717, 1.165) is 34.8 Å². The van der Waals surface area contributed by atoms with Crippen molar-refractivity contribution in [2.75, 3.05) is 6.54 Å². The Morgan fingerprint density at radius 1 is 1.00 bits per heavy atom. The highest BCUT2D eigenvalue weighted by atomic mass is 32.2. The third-order valence-electron chi connectivity index (χ3n) is 4.75. The van der Waals surface area contributed by atoms with E-state index >= 15 is 0 Å². The molecule has 2 aliphatic rings. The minimum atomic E-state index is 0.799. The van der Waals surface area contributed by atoms with Crippen LogP contribution in [0.5, 0.6) is 0 Å². The molecular weight excluding hydrogens is 226 g/mol. The molecule has 5 atom stereocenters. The van der Waals surface area contributed by atoms with Crippen LogP contribution < -0.4 is 5.73 Å². The molecular formula is C15H29NS. The molecule has 0 radical (unpaired) electrons. The number of nitrogens with two attached hydrogens (primary N) is 1. The molecule has 0 aliphatic heterocycles. The molecule has 0 saturated heterocycles. The quantitative estimate of drug-likeness (QED) is 0.823. The van der Waals surface area contributed by atoms with E-state index in [4.69, 9.17) is 5.73 Å². The molecule has 2 fully saturated rings. The van der Waals surface area contributed by atoms with Crippen LogP contribution in [0.2, 0.25) is 0 Å². The Kier molecular flexibility index (Phi) is 5.23. The van der Waals surface area contributed by atoms with Crippen molar-refractivity contribution in [2.24, 2.45) is 23.5 Å². The fraction of sp³-hybridized carbons (Fsp3) is 1.00. The molecule has 5 unspecified atom stereocenters. The Hall–Kier alpha value is 0.310. The molecule has 0 aromatic carbocycles. The van der Waals surface area contributed by atoms with Gasteiger partial charge in [0, 0.05) is 10.5 Å². The SMILES string of the molecule is CC1CCCC(SC2CC(C)CCC2CN)C1. The van der Waals surface area contributed by atoms with Gasteiger partial charge >= 0.3 is 0 Å². The lowest BCUT2D eigenvalue weighted by Crippen LogP contribution is -2.33. The second-order valence-corrected chi connectivity index (χ2v) is 8.03. The maximum atomic E-state index is 5.96. The molecule has 0 bridgehead atoms. The highest BCUT2D eigenvalue weighted by molar-refractivity contribution is 8.00. The van der Waals surface area contributed by atoms with Gasteiger partial charge in [0.05, 0.1) is 0 Å². The van der Waals surface area contributed by atoms with Crippen LogP contribution in [-0.4, -0.2) is 17.0 Å². The van der Waals surface area contributed by atoms with E-state index in [-0.39, 0.29) is 0 Å². The van der Waals surface area contributed by atoms with Crippen LogP contribution in [0.1, 0.15) is 58.8 Å². The van der Waals surface area contributed by atoms with E-state index in [1.807, 2.05) is 0 Å². The van der Waals surface area contributed by atoms with Crippen LogP contribution in [0.4, 0.5) is 0 Å². The van der Waals surface area contributed by atoms with E-state index < -0.39 is 0 Å². The summed E-state index contributed by atoms with van der Waals surface area (Å²) in [4.78, 5) is 0. The second kappa shape index (κ2) is 6.47. The van der Waals surface area contributed by atoms with Crippen LogP contribution in [0.15, 0.2) is 0 Å². The number of rotatable bonds is 3. The van der Waals surface area contributed by atoms with Crippen molar-refractivity contribution in [3.63, 3.8) is 0 Å². The van der Waals surface area contributed by atoms with Crippen molar-refractivity contribution in [1.29, 1.82) is 0 Å². The molecule has 0 spiro atoms. The van der Waals surface area contributed by atoms with Crippen LogP contribution in [0.25, 0.3) is 0 Å². The lowest BCUT2D eigenvalue weighted by atomic mass is 9.82. The standard InChI is InChI=1S/C15H29NS/c1-11-4-3-5-14(8-11)17-15-9-12(2)6-7-13(15)10-16/h11-15H,3-10,16H2,1-2H3. The number of hydrogen-bond acceptors (Lipinski definition) is 2. The van der Waals surface area contributed by atoms with Crippen LogP contribution >= 0.6 is 11.8 Å². The fourth-order valence-electron chi connectivity index (χ4n) is 3.58. The maximum absolute atomic E-state index is 5.96. The fourth-order valence-corrected chi connectivity index (χ4v) is 5.72. The maximum Gasteiger partial charge on any atom is 0.00926 e.